The number of fused-ring (bicyclic) bond motifs is 1. The molecule has 1 aromatic carbocycles. The van der Waals surface area contributed by atoms with Gasteiger partial charge in [0.25, 0.3) is 0 Å². The molecule has 3 heteroatoms. The monoisotopic (exact) mass is 207 g/mol. The first-order valence-corrected chi connectivity index (χ1v) is 5.42. The number of benzene rings is 1. The SMILES string of the molecule is NCCCOCc1ccc2c(c1)CCO2. The third-order valence-corrected chi connectivity index (χ3v) is 2.52. The average Bonchev–Trinajstić information content (AvgIpc) is 2.71. The Bertz CT molecular complexity index is 325. The minimum absolute atomic E-state index is 0.674. The molecule has 0 aliphatic carbocycles. The second-order valence-electron chi connectivity index (χ2n) is 3.74. The Balaban J connectivity index is 1.87. The van der Waals surface area contributed by atoms with E-state index in [9.17, 15) is 0 Å². The second kappa shape index (κ2) is 5.14. The van der Waals surface area contributed by atoms with Crippen LogP contribution in [0.25, 0.3) is 0 Å². The zero-order valence-electron chi connectivity index (χ0n) is 8.87. The third-order valence-electron chi connectivity index (χ3n) is 2.52. The quantitative estimate of drug-likeness (QED) is 0.744. The van der Waals surface area contributed by atoms with Crippen LogP contribution >= 0.6 is 0 Å². The average molecular weight is 207 g/mol. The fraction of sp³-hybridized carbons (Fsp3) is 0.500. The largest absolute Gasteiger partial charge is 0.493 e. The molecule has 0 spiro atoms. The lowest BCUT2D eigenvalue weighted by Gasteiger charge is -2.05. The van der Waals surface area contributed by atoms with E-state index in [4.69, 9.17) is 15.2 Å². The normalized spacial score (nSPS) is 13.7. The van der Waals surface area contributed by atoms with Gasteiger partial charge in [0, 0.05) is 13.0 Å². The highest BCUT2D eigenvalue weighted by Crippen LogP contribution is 2.25. The van der Waals surface area contributed by atoms with Gasteiger partial charge in [0.05, 0.1) is 13.2 Å². The second-order valence-corrected chi connectivity index (χ2v) is 3.74. The molecule has 0 saturated heterocycles. The Labute approximate surface area is 90.2 Å². The maximum atomic E-state index is 5.50. The van der Waals surface area contributed by atoms with E-state index in [1.165, 1.54) is 11.1 Å². The van der Waals surface area contributed by atoms with Gasteiger partial charge in [-0.25, -0.2) is 0 Å². The van der Waals surface area contributed by atoms with Crippen molar-refractivity contribution >= 4 is 0 Å². The van der Waals surface area contributed by atoms with Crippen molar-refractivity contribution in [3.8, 4) is 5.75 Å². The van der Waals surface area contributed by atoms with Gasteiger partial charge in [-0.05, 0) is 36.2 Å². The van der Waals surface area contributed by atoms with Crippen LogP contribution in [0.15, 0.2) is 18.2 Å². The highest BCUT2D eigenvalue weighted by molar-refractivity contribution is 5.39. The van der Waals surface area contributed by atoms with E-state index in [1.807, 2.05) is 6.07 Å². The number of hydrogen-bond donors (Lipinski definition) is 1. The minimum atomic E-state index is 0.674. The van der Waals surface area contributed by atoms with Gasteiger partial charge in [0.2, 0.25) is 0 Å². The van der Waals surface area contributed by atoms with Crippen molar-refractivity contribution in [3.05, 3.63) is 29.3 Å². The van der Waals surface area contributed by atoms with Crippen LogP contribution in [0.2, 0.25) is 0 Å². The lowest BCUT2D eigenvalue weighted by molar-refractivity contribution is 0.120. The summed E-state index contributed by atoms with van der Waals surface area (Å²) in [6.45, 7) is 2.92. The van der Waals surface area contributed by atoms with Gasteiger partial charge in [-0.15, -0.1) is 0 Å². The molecule has 1 aromatic rings. The molecule has 3 nitrogen and oxygen atoms in total. The standard InChI is InChI=1S/C12H17NO2/c13-5-1-6-14-9-10-2-3-12-11(8-10)4-7-15-12/h2-3,8H,1,4-7,9,13H2. The number of rotatable bonds is 5. The van der Waals surface area contributed by atoms with Crippen molar-refractivity contribution < 1.29 is 9.47 Å². The molecule has 0 unspecified atom stereocenters. The van der Waals surface area contributed by atoms with Gasteiger partial charge in [0.15, 0.2) is 0 Å². The summed E-state index contributed by atoms with van der Waals surface area (Å²) < 4.78 is 10.9. The molecule has 0 aromatic heterocycles. The van der Waals surface area contributed by atoms with Crippen molar-refractivity contribution in [2.45, 2.75) is 19.4 Å². The molecule has 1 aliphatic heterocycles. The zero-order chi connectivity index (χ0) is 10.5. The fourth-order valence-electron chi connectivity index (χ4n) is 1.71. The fourth-order valence-corrected chi connectivity index (χ4v) is 1.71. The van der Waals surface area contributed by atoms with Crippen molar-refractivity contribution in [3.63, 3.8) is 0 Å². The Kier molecular flexibility index (Phi) is 3.59. The first-order chi connectivity index (χ1) is 7.40. The summed E-state index contributed by atoms with van der Waals surface area (Å²) in [6, 6.07) is 6.27. The third kappa shape index (κ3) is 2.70. The molecule has 0 fully saturated rings. The Morgan fingerprint density at radius 2 is 2.33 bits per heavy atom. The van der Waals surface area contributed by atoms with Gasteiger partial charge in [-0.3, -0.25) is 0 Å². The maximum absolute atomic E-state index is 5.50. The van der Waals surface area contributed by atoms with Gasteiger partial charge < -0.3 is 15.2 Å². The first-order valence-electron chi connectivity index (χ1n) is 5.42. The van der Waals surface area contributed by atoms with E-state index >= 15 is 0 Å². The van der Waals surface area contributed by atoms with Crippen LogP contribution in [-0.2, 0) is 17.8 Å². The molecule has 0 bridgehead atoms. The number of hydrogen-bond acceptors (Lipinski definition) is 3. The van der Waals surface area contributed by atoms with E-state index in [0.717, 1.165) is 31.8 Å². The summed E-state index contributed by atoms with van der Waals surface area (Å²) in [5.74, 6) is 1.03. The van der Waals surface area contributed by atoms with Gasteiger partial charge >= 0.3 is 0 Å². The van der Waals surface area contributed by atoms with Crippen LogP contribution in [0.1, 0.15) is 17.5 Å². The lowest BCUT2D eigenvalue weighted by atomic mass is 10.1. The smallest absolute Gasteiger partial charge is 0.122 e. The number of nitrogens with two attached hydrogens (primary N) is 1. The topological polar surface area (TPSA) is 44.5 Å². The Hall–Kier alpha value is -1.06. The zero-order valence-corrected chi connectivity index (χ0v) is 8.87. The summed E-state index contributed by atoms with van der Waals surface area (Å²) in [6.07, 6.45) is 1.94. The van der Waals surface area contributed by atoms with E-state index < -0.39 is 0 Å². The van der Waals surface area contributed by atoms with Crippen LogP contribution in [0.4, 0.5) is 0 Å². The van der Waals surface area contributed by atoms with Gasteiger partial charge in [0.1, 0.15) is 5.75 Å². The summed E-state index contributed by atoms with van der Waals surface area (Å²) in [5.41, 5.74) is 7.90. The van der Waals surface area contributed by atoms with Crippen LogP contribution < -0.4 is 10.5 Å². The highest BCUT2D eigenvalue weighted by Gasteiger charge is 2.11. The molecule has 0 atom stereocenters. The lowest BCUT2D eigenvalue weighted by Crippen LogP contribution is -2.04. The van der Waals surface area contributed by atoms with Crippen LogP contribution in [-0.4, -0.2) is 19.8 Å². The van der Waals surface area contributed by atoms with E-state index in [2.05, 4.69) is 12.1 Å². The minimum Gasteiger partial charge on any atom is -0.493 e. The van der Waals surface area contributed by atoms with Gasteiger partial charge in [-0.2, -0.15) is 0 Å². The molecule has 1 aliphatic rings. The van der Waals surface area contributed by atoms with Crippen LogP contribution in [0.3, 0.4) is 0 Å². The highest BCUT2D eigenvalue weighted by atomic mass is 16.5. The molecule has 0 saturated carbocycles. The van der Waals surface area contributed by atoms with Crippen molar-refractivity contribution in [1.29, 1.82) is 0 Å². The Morgan fingerprint density at radius 1 is 1.40 bits per heavy atom. The molecule has 82 valence electrons. The van der Waals surface area contributed by atoms with Crippen LogP contribution in [0.5, 0.6) is 5.75 Å². The summed E-state index contributed by atoms with van der Waals surface area (Å²) in [5, 5.41) is 0. The Morgan fingerprint density at radius 3 is 3.20 bits per heavy atom. The summed E-state index contributed by atoms with van der Waals surface area (Å²) in [7, 11) is 0. The first kappa shape index (κ1) is 10.5. The molecule has 0 amide bonds. The summed E-state index contributed by atoms with van der Waals surface area (Å²) in [4.78, 5) is 0. The molecule has 2 rings (SSSR count). The van der Waals surface area contributed by atoms with Crippen molar-refractivity contribution in [1.82, 2.24) is 0 Å². The predicted molar refractivity (Wildman–Crippen MR) is 59.0 cm³/mol. The van der Waals surface area contributed by atoms with Crippen molar-refractivity contribution in [2.24, 2.45) is 5.73 Å². The van der Waals surface area contributed by atoms with E-state index in [-0.39, 0.29) is 0 Å². The van der Waals surface area contributed by atoms with E-state index in [1.54, 1.807) is 0 Å². The molecule has 15 heavy (non-hydrogen) atoms. The predicted octanol–water partition coefficient (Wildman–Crippen LogP) is 1.49. The molecule has 0 radical (unpaired) electrons. The van der Waals surface area contributed by atoms with Crippen LogP contribution in [0, 0.1) is 0 Å². The molecular weight excluding hydrogens is 190 g/mol. The molecular formula is C12H17NO2. The van der Waals surface area contributed by atoms with Crippen molar-refractivity contribution in [2.75, 3.05) is 19.8 Å². The maximum Gasteiger partial charge on any atom is 0.122 e. The molecule has 2 N–H and O–H groups in total. The summed E-state index contributed by atoms with van der Waals surface area (Å²) >= 11 is 0. The number of ether oxygens (including phenoxy) is 2. The van der Waals surface area contributed by atoms with E-state index in [0.29, 0.717) is 13.2 Å². The van der Waals surface area contributed by atoms with Gasteiger partial charge in [-0.1, -0.05) is 6.07 Å². The molecule has 1 heterocycles.